The largest absolute Gasteiger partial charge is 0.489 e. The van der Waals surface area contributed by atoms with Crippen molar-refractivity contribution >= 4 is 11.8 Å². The molecule has 5 heteroatoms. The van der Waals surface area contributed by atoms with Gasteiger partial charge < -0.3 is 14.6 Å². The third kappa shape index (κ3) is 4.74. The molecule has 3 rings (SSSR count). The Labute approximate surface area is 158 Å². The first-order valence-electron chi connectivity index (χ1n) is 9.22. The van der Waals surface area contributed by atoms with Crippen LogP contribution in [0.2, 0.25) is 0 Å². The van der Waals surface area contributed by atoms with E-state index in [-0.39, 0.29) is 24.7 Å². The Hall–Kier alpha value is -2.66. The predicted octanol–water partition coefficient (Wildman–Crippen LogP) is 3.25. The highest BCUT2D eigenvalue weighted by Crippen LogP contribution is 2.37. The molecule has 0 heterocycles. The molecule has 0 saturated heterocycles. The van der Waals surface area contributed by atoms with E-state index in [2.05, 4.69) is 0 Å². The molecule has 0 bridgehead atoms. The van der Waals surface area contributed by atoms with E-state index in [1.165, 1.54) is 0 Å². The van der Waals surface area contributed by atoms with Gasteiger partial charge in [0.05, 0.1) is 12.7 Å². The van der Waals surface area contributed by atoms with Crippen LogP contribution in [0, 0.1) is 5.92 Å². The summed E-state index contributed by atoms with van der Waals surface area (Å²) in [4.78, 5) is 24.6. The Morgan fingerprint density at radius 2 is 1.81 bits per heavy atom. The summed E-state index contributed by atoms with van der Waals surface area (Å²) in [6.07, 6.45) is -0.375. The van der Waals surface area contributed by atoms with Crippen molar-refractivity contribution in [1.29, 1.82) is 0 Å². The zero-order valence-electron chi connectivity index (χ0n) is 15.3. The highest BCUT2D eigenvalue weighted by molar-refractivity contribution is 6.00. The minimum absolute atomic E-state index is 0.00173. The van der Waals surface area contributed by atoms with Gasteiger partial charge >= 0.3 is 5.97 Å². The smallest absolute Gasteiger partial charge is 0.317 e. The van der Waals surface area contributed by atoms with Crippen LogP contribution < -0.4 is 4.74 Å². The van der Waals surface area contributed by atoms with Gasteiger partial charge in [0, 0.05) is 12.3 Å². The van der Waals surface area contributed by atoms with Gasteiger partial charge in [0.15, 0.2) is 0 Å². The van der Waals surface area contributed by atoms with E-state index in [0.29, 0.717) is 18.8 Å². The minimum Gasteiger partial charge on any atom is -0.489 e. The number of rotatable bonds is 6. The topological polar surface area (TPSA) is 72.8 Å². The molecule has 2 aromatic rings. The maximum atomic E-state index is 12.3. The van der Waals surface area contributed by atoms with E-state index in [0.717, 1.165) is 11.1 Å². The van der Waals surface area contributed by atoms with Crippen LogP contribution >= 0.6 is 0 Å². The van der Waals surface area contributed by atoms with Crippen LogP contribution in [0.5, 0.6) is 5.75 Å². The SMILES string of the molecule is CCOC(=O)C1C(=O)CC(O)CC1c1ccc(OCc2ccccc2)cc1. The Kier molecular flexibility index (Phi) is 6.24. The third-order valence-electron chi connectivity index (χ3n) is 4.81. The average Bonchev–Trinajstić information content (AvgIpc) is 2.67. The predicted molar refractivity (Wildman–Crippen MR) is 100 cm³/mol. The van der Waals surface area contributed by atoms with Crippen molar-refractivity contribution in [3.8, 4) is 5.75 Å². The van der Waals surface area contributed by atoms with E-state index < -0.39 is 18.0 Å². The van der Waals surface area contributed by atoms with E-state index in [1.807, 2.05) is 54.6 Å². The normalized spacial score (nSPS) is 22.3. The molecule has 1 aliphatic rings. The molecule has 0 aromatic heterocycles. The molecule has 1 N–H and O–H groups in total. The van der Waals surface area contributed by atoms with Crippen LogP contribution in [0.25, 0.3) is 0 Å². The highest BCUT2D eigenvalue weighted by Gasteiger charge is 2.42. The fourth-order valence-electron chi connectivity index (χ4n) is 3.50. The first kappa shape index (κ1) is 19.1. The minimum atomic E-state index is -0.857. The molecule has 3 atom stereocenters. The van der Waals surface area contributed by atoms with Crippen molar-refractivity contribution in [2.24, 2.45) is 5.92 Å². The second-order valence-corrected chi connectivity index (χ2v) is 6.74. The summed E-state index contributed by atoms with van der Waals surface area (Å²) < 4.78 is 10.9. The first-order chi connectivity index (χ1) is 13.1. The molecule has 0 amide bonds. The number of carbonyl (C=O) groups excluding carboxylic acids is 2. The molecule has 1 fully saturated rings. The molecular formula is C22H24O5. The van der Waals surface area contributed by atoms with E-state index in [4.69, 9.17) is 9.47 Å². The van der Waals surface area contributed by atoms with E-state index >= 15 is 0 Å². The molecular weight excluding hydrogens is 344 g/mol. The van der Waals surface area contributed by atoms with Crippen molar-refractivity contribution in [3.05, 3.63) is 65.7 Å². The first-order valence-corrected chi connectivity index (χ1v) is 9.22. The summed E-state index contributed by atoms with van der Waals surface area (Å²) in [5.74, 6) is -1.31. The van der Waals surface area contributed by atoms with Gasteiger partial charge in [-0.2, -0.15) is 0 Å². The fourth-order valence-corrected chi connectivity index (χ4v) is 3.50. The molecule has 3 unspecified atom stereocenters. The van der Waals surface area contributed by atoms with Gasteiger partial charge in [0.2, 0.25) is 0 Å². The number of Topliss-reactive ketones (excluding diaryl/α,β-unsaturated/α-hetero) is 1. The monoisotopic (exact) mass is 368 g/mol. The summed E-state index contributed by atoms with van der Waals surface area (Å²) in [6, 6.07) is 17.2. The maximum Gasteiger partial charge on any atom is 0.317 e. The number of aliphatic hydroxyl groups excluding tert-OH is 1. The highest BCUT2D eigenvalue weighted by atomic mass is 16.5. The van der Waals surface area contributed by atoms with Crippen molar-refractivity contribution in [3.63, 3.8) is 0 Å². The molecule has 1 aliphatic carbocycles. The zero-order chi connectivity index (χ0) is 19.2. The lowest BCUT2D eigenvalue weighted by Crippen LogP contribution is -2.39. The number of benzene rings is 2. The van der Waals surface area contributed by atoms with Crippen molar-refractivity contribution in [1.82, 2.24) is 0 Å². The van der Waals surface area contributed by atoms with Gasteiger partial charge in [-0.1, -0.05) is 42.5 Å². The number of hydrogen-bond acceptors (Lipinski definition) is 5. The summed E-state index contributed by atoms with van der Waals surface area (Å²) in [5, 5.41) is 10.0. The number of hydrogen-bond donors (Lipinski definition) is 1. The zero-order valence-corrected chi connectivity index (χ0v) is 15.3. The van der Waals surface area contributed by atoms with Gasteiger partial charge in [-0.05, 0) is 36.6 Å². The van der Waals surface area contributed by atoms with Gasteiger partial charge in [-0.3, -0.25) is 9.59 Å². The molecule has 2 aromatic carbocycles. The lowest BCUT2D eigenvalue weighted by atomic mass is 9.73. The molecule has 27 heavy (non-hydrogen) atoms. The average molecular weight is 368 g/mol. The standard InChI is InChI=1S/C22H24O5/c1-2-26-22(25)21-19(12-17(23)13-20(21)24)16-8-10-18(11-9-16)27-14-15-6-4-3-5-7-15/h3-11,17,19,21,23H,2,12-14H2,1H3. The van der Waals surface area contributed by atoms with Crippen molar-refractivity contribution < 1.29 is 24.2 Å². The van der Waals surface area contributed by atoms with Crippen LogP contribution in [0.1, 0.15) is 36.8 Å². The number of carbonyl (C=O) groups is 2. The maximum absolute atomic E-state index is 12.3. The molecule has 0 aliphatic heterocycles. The van der Waals surface area contributed by atoms with Gasteiger partial charge in [0.1, 0.15) is 24.1 Å². The quantitative estimate of drug-likeness (QED) is 0.626. The van der Waals surface area contributed by atoms with Crippen molar-refractivity contribution in [2.75, 3.05) is 6.61 Å². The van der Waals surface area contributed by atoms with Crippen LogP contribution in [0.4, 0.5) is 0 Å². The molecule has 1 saturated carbocycles. The Bertz CT molecular complexity index is 761. The van der Waals surface area contributed by atoms with Crippen molar-refractivity contribution in [2.45, 2.75) is 38.4 Å². The van der Waals surface area contributed by atoms with Crippen LogP contribution in [0.15, 0.2) is 54.6 Å². The second kappa shape index (κ2) is 8.82. The Balaban J connectivity index is 1.73. The number of ketones is 1. The number of esters is 1. The summed E-state index contributed by atoms with van der Waals surface area (Å²) >= 11 is 0. The van der Waals surface area contributed by atoms with Crippen LogP contribution in [-0.4, -0.2) is 29.6 Å². The van der Waals surface area contributed by atoms with Gasteiger partial charge in [0.25, 0.3) is 0 Å². The lowest BCUT2D eigenvalue weighted by molar-refractivity contribution is -0.155. The van der Waals surface area contributed by atoms with E-state index in [1.54, 1.807) is 6.92 Å². The second-order valence-electron chi connectivity index (χ2n) is 6.74. The summed E-state index contributed by atoms with van der Waals surface area (Å²) in [5.41, 5.74) is 1.90. The molecule has 142 valence electrons. The van der Waals surface area contributed by atoms with Gasteiger partial charge in [-0.25, -0.2) is 0 Å². The van der Waals surface area contributed by atoms with E-state index in [9.17, 15) is 14.7 Å². The Morgan fingerprint density at radius 1 is 1.11 bits per heavy atom. The molecule has 5 nitrogen and oxygen atoms in total. The molecule has 0 spiro atoms. The third-order valence-corrected chi connectivity index (χ3v) is 4.81. The number of ether oxygens (including phenoxy) is 2. The number of aliphatic hydroxyl groups is 1. The van der Waals surface area contributed by atoms with Gasteiger partial charge in [-0.15, -0.1) is 0 Å². The summed E-state index contributed by atoms with van der Waals surface area (Å²) in [7, 11) is 0. The fraction of sp³-hybridized carbons (Fsp3) is 0.364. The molecule has 0 radical (unpaired) electrons. The van der Waals surface area contributed by atoms with Crippen LogP contribution in [0.3, 0.4) is 0 Å². The van der Waals surface area contributed by atoms with Crippen LogP contribution in [-0.2, 0) is 20.9 Å². The summed E-state index contributed by atoms with van der Waals surface area (Å²) in [6.45, 7) is 2.41. The lowest BCUT2D eigenvalue weighted by Gasteiger charge is -2.32. The Morgan fingerprint density at radius 3 is 2.48 bits per heavy atom.